The molecule has 0 fully saturated rings. The molecule has 0 aromatic heterocycles. The summed E-state index contributed by atoms with van der Waals surface area (Å²) in [4.78, 5) is 4.31. The van der Waals surface area contributed by atoms with Gasteiger partial charge in [-0.15, -0.1) is 0 Å². The molecule has 0 aromatic rings. The monoisotopic (exact) mass is 152 g/mol. The van der Waals surface area contributed by atoms with Crippen LogP contribution in [0.2, 0.25) is 0 Å². The summed E-state index contributed by atoms with van der Waals surface area (Å²) in [5, 5.41) is 3.18. The highest BCUT2D eigenvalue weighted by Gasteiger charge is 2.32. The maximum atomic E-state index is 4.31. The van der Waals surface area contributed by atoms with Crippen molar-refractivity contribution >= 4 is 6.21 Å². The van der Waals surface area contributed by atoms with Gasteiger partial charge >= 0.3 is 0 Å². The van der Waals surface area contributed by atoms with Crippen LogP contribution >= 0.6 is 0 Å². The van der Waals surface area contributed by atoms with Gasteiger partial charge in [-0.1, -0.05) is 13.8 Å². The fourth-order valence-corrected chi connectivity index (χ4v) is 1.55. The topological polar surface area (TPSA) is 24.4 Å². The largest absolute Gasteiger partial charge is 0.390 e. The molecule has 2 nitrogen and oxygen atoms in total. The van der Waals surface area contributed by atoms with Gasteiger partial charge in [0.15, 0.2) is 0 Å². The lowest BCUT2D eigenvalue weighted by Crippen LogP contribution is -2.32. The van der Waals surface area contributed by atoms with Crippen molar-refractivity contribution in [1.82, 2.24) is 5.32 Å². The molecule has 0 spiro atoms. The van der Waals surface area contributed by atoms with Crippen LogP contribution in [-0.2, 0) is 0 Å². The number of nitrogens with zero attached hydrogens (tertiary/aromatic N) is 1. The number of hydrogen-bond donors (Lipinski definition) is 1. The maximum Gasteiger partial charge on any atom is 0.0625 e. The molecular formula is C9H16N2. The average Bonchev–Trinajstić information content (AvgIpc) is 2.04. The second kappa shape index (κ2) is 3.07. The Morgan fingerprint density at radius 3 is 2.45 bits per heavy atom. The molecule has 1 aliphatic carbocycles. The molecule has 62 valence electrons. The standard InChI is InChI=1S/C9H16N2/c1-5-11-9-7(3)6(2)8(9)10-4/h5-7,10H,1-4H3. The molecule has 0 aliphatic heterocycles. The normalized spacial score (nSPS) is 30.9. The number of nitrogens with one attached hydrogen (secondary N) is 1. The fraction of sp³-hybridized carbons (Fsp3) is 0.667. The Morgan fingerprint density at radius 2 is 2.00 bits per heavy atom. The molecule has 2 unspecified atom stereocenters. The lowest BCUT2D eigenvalue weighted by atomic mass is 9.78. The highest BCUT2D eigenvalue weighted by Crippen LogP contribution is 2.38. The third-order valence-corrected chi connectivity index (χ3v) is 2.45. The van der Waals surface area contributed by atoms with Crippen LogP contribution < -0.4 is 5.32 Å². The second-order valence-corrected chi connectivity index (χ2v) is 3.01. The van der Waals surface area contributed by atoms with Crippen LogP contribution in [0.15, 0.2) is 16.4 Å². The van der Waals surface area contributed by atoms with Crippen molar-refractivity contribution in [2.24, 2.45) is 16.8 Å². The highest BCUT2D eigenvalue weighted by molar-refractivity contribution is 5.56. The summed E-state index contributed by atoms with van der Waals surface area (Å²) in [7, 11) is 1.96. The van der Waals surface area contributed by atoms with Gasteiger partial charge in [0.2, 0.25) is 0 Å². The van der Waals surface area contributed by atoms with E-state index < -0.39 is 0 Å². The Kier molecular flexibility index (Phi) is 2.32. The van der Waals surface area contributed by atoms with Gasteiger partial charge in [0.1, 0.15) is 0 Å². The fourth-order valence-electron chi connectivity index (χ4n) is 1.55. The molecule has 2 heteroatoms. The van der Waals surface area contributed by atoms with E-state index in [9.17, 15) is 0 Å². The van der Waals surface area contributed by atoms with Gasteiger partial charge in [0, 0.05) is 30.8 Å². The van der Waals surface area contributed by atoms with Gasteiger partial charge < -0.3 is 5.32 Å². The summed E-state index contributed by atoms with van der Waals surface area (Å²) in [5.74, 6) is 1.27. The average molecular weight is 152 g/mol. The number of hydrogen-bond acceptors (Lipinski definition) is 2. The van der Waals surface area contributed by atoms with Gasteiger partial charge in [0.05, 0.1) is 5.70 Å². The predicted octanol–water partition coefficient (Wildman–Crippen LogP) is 1.79. The van der Waals surface area contributed by atoms with E-state index in [4.69, 9.17) is 0 Å². The zero-order chi connectivity index (χ0) is 8.43. The molecule has 0 saturated carbocycles. The minimum Gasteiger partial charge on any atom is -0.390 e. The first-order valence-electron chi connectivity index (χ1n) is 4.12. The quantitative estimate of drug-likeness (QED) is 0.599. The Hall–Kier alpha value is -0.790. The molecule has 1 aliphatic rings. The molecular weight excluding hydrogens is 136 g/mol. The summed E-state index contributed by atoms with van der Waals surface area (Å²) in [6, 6.07) is 0. The number of aliphatic imine (C=N–C) groups is 1. The van der Waals surface area contributed by atoms with Gasteiger partial charge in [-0.25, -0.2) is 0 Å². The summed E-state index contributed by atoms with van der Waals surface area (Å²) < 4.78 is 0. The van der Waals surface area contributed by atoms with Gasteiger partial charge in [-0.2, -0.15) is 0 Å². The molecule has 0 bridgehead atoms. The zero-order valence-electron chi connectivity index (χ0n) is 7.68. The molecule has 1 rings (SSSR count). The Morgan fingerprint density at radius 1 is 1.36 bits per heavy atom. The first kappa shape index (κ1) is 8.31. The molecule has 0 heterocycles. The van der Waals surface area contributed by atoms with Gasteiger partial charge in [0.25, 0.3) is 0 Å². The van der Waals surface area contributed by atoms with Crippen molar-refractivity contribution in [3.8, 4) is 0 Å². The van der Waals surface area contributed by atoms with E-state index >= 15 is 0 Å². The third-order valence-electron chi connectivity index (χ3n) is 2.45. The van der Waals surface area contributed by atoms with Crippen molar-refractivity contribution in [2.75, 3.05) is 7.05 Å². The smallest absolute Gasteiger partial charge is 0.0625 e. The van der Waals surface area contributed by atoms with Crippen molar-refractivity contribution in [3.05, 3.63) is 11.4 Å². The summed E-state index contributed by atoms with van der Waals surface area (Å²) >= 11 is 0. The van der Waals surface area contributed by atoms with Crippen molar-refractivity contribution in [1.29, 1.82) is 0 Å². The lowest BCUT2D eigenvalue weighted by Gasteiger charge is -2.35. The van der Waals surface area contributed by atoms with Crippen LogP contribution in [-0.4, -0.2) is 13.3 Å². The van der Waals surface area contributed by atoms with E-state index in [1.165, 1.54) is 11.4 Å². The van der Waals surface area contributed by atoms with Crippen LogP contribution in [0.25, 0.3) is 0 Å². The van der Waals surface area contributed by atoms with Crippen molar-refractivity contribution in [3.63, 3.8) is 0 Å². The molecule has 0 amide bonds. The maximum absolute atomic E-state index is 4.31. The SMILES string of the molecule is CC=NC1=C(NC)C(C)C1C. The number of rotatable bonds is 2. The first-order valence-corrected chi connectivity index (χ1v) is 4.12. The molecule has 1 N–H and O–H groups in total. The van der Waals surface area contributed by atoms with Crippen molar-refractivity contribution in [2.45, 2.75) is 20.8 Å². The first-order chi connectivity index (χ1) is 5.22. The van der Waals surface area contributed by atoms with Crippen LogP contribution in [0, 0.1) is 11.8 Å². The van der Waals surface area contributed by atoms with Crippen LogP contribution in [0.3, 0.4) is 0 Å². The molecule has 11 heavy (non-hydrogen) atoms. The number of allylic oxidation sites excluding steroid dienone is 2. The van der Waals surface area contributed by atoms with E-state index in [2.05, 4.69) is 24.2 Å². The van der Waals surface area contributed by atoms with Crippen LogP contribution in [0.5, 0.6) is 0 Å². The molecule has 0 aromatic carbocycles. The summed E-state index contributed by atoms with van der Waals surface area (Å²) in [5.41, 5.74) is 2.53. The Labute approximate surface area is 68.4 Å². The van der Waals surface area contributed by atoms with Gasteiger partial charge in [-0.05, 0) is 6.92 Å². The Bertz CT molecular complexity index is 204. The van der Waals surface area contributed by atoms with Crippen molar-refractivity contribution < 1.29 is 0 Å². The van der Waals surface area contributed by atoms with E-state index in [0.717, 1.165) is 0 Å². The van der Waals surface area contributed by atoms with E-state index in [1.54, 1.807) is 0 Å². The predicted molar refractivity (Wildman–Crippen MR) is 48.6 cm³/mol. The molecule has 2 atom stereocenters. The molecule has 0 radical (unpaired) electrons. The van der Waals surface area contributed by atoms with Crippen LogP contribution in [0.1, 0.15) is 20.8 Å². The van der Waals surface area contributed by atoms with E-state index in [-0.39, 0.29) is 0 Å². The summed E-state index contributed by atoms with van der Waals surface area (Å²) in [6.07, 6.45) is 1.86. The van der Waals surface area contributed by atoms with Crippen LogP contribution in [0.4, 0.5) is 0 Å². The van der Waals surface area contributed by atoms with E-state index in [0.29, 0.717) is 11.8 Å². The summed E-state index contributed by atoms with van der Waals surface area (Å²) in [6.45, 7) is 6.40. The Balaban J connectivity index is 2.81. The second-order valence-electron chi connectivity index (χ2n) is 3.01. The minimum atomic E-state index is 0.619. The lowest BCUT2D eigenvalue weighted by molar-refractivity contribution is 0.397. The minimum absolute atomic E-state index is 0.619. The highest BCUT2D eigenvalue weighted by atomic mass is 14.9. The molecule has 0 saturated heterocycles. The third kappa shape index (κ3) is 1.17. The van der Waals surface area contributed by atoms with Gasteiger partial charge in [-0.3, -0.25) is 4.99 Å². The van der Waals surface area contributed by atoms with E-state index in [1.807, 2.05) is 20.2 Å². The zero-order valence-corrected chi connectivity index (χ0v) is 7.68.